The van der Waals surface area contributed by atoms with Gasteiger partial charge in [0.25, 0.3) is 0 Å². The number of carbonyl (C=O) groups is 1. The van der Waals surface area contributed by atoms with E-state index in [0.29, 0.717) is 12.1 Å². The summed E-state index contributed by atoms with van der Waals surface area (Å²) in [7, 11) is -1.56. The predicted molar refractivity (Wildman–Crippen MR) is 181 cm³/mol. The molecule has 0 bridgehead atoms. The number of benzene rings is 3. The van der Waals surface area contributed by atoms with E-state index in [1.165, 1.54) is 0 Å². The molecule has 0 saturated carbocycles. The molecule has 238 valence electrons. The van der Waals surface area contributed by atoms with Crippen molar-refractivity contribution in [2.24, 2.45) is 0 Å². The van der Waals surface area contributed by atoms with Crippen LogP contribution in [0.2, 0.25) is 19.6 Å². The summed E-state index contributed by atoms with van der Waals surface area (Å²) in [5.74, 6) is 0.411. The van der Waals surface area contributed by atoms with Crippen molar-refractivity contribution in [1.29, 1.82) is 0 Å². The van der Waals surface area contributed by atoms with Gasteiger partial charge in [-0.25, -0.2) is 14.1 Å². The van der Waals surface area contributed by atoms with Crippen LogP contribution >= 0.6 is 0 Å². The lowest BCUT2D eigenvalue weighted by Gasteiger charge is -2.22. The highest BCUT2D eigenvalue weighted by Gasteiger charge is 2.24. The van der Waals surface area contributed by atoms with Crippen LogP contribution in [0.4, 0.5) is 5.69 Å². The monoisotopic (exact) mass is 645 g/mol. The molecule has 3 aromatic rings. The van der Waals surface area contributed by atoms with Crippen LogP contribution in [0.3, 0.4) is 0 Å². The van der Waals surface area contributed by atoms with E-state index in [1.54, 1.807) is 4.68 Å². The van der Waals surface area contributed by atoms with Gasteiger partial charge in [0.1, 0.15) is 39.1 Å². The second-order valence-corrected chi connectivity index (χ2v) is 17.0. The molecule has 0 atom stereocenters. The Labute approximate surface area is 273 Å². The highest BCUT2D eigenvalue weighted by molar-refractivity contribution is 6.88. The van der Waals surface area contributed by atoms with Gasteiger partial charge in [0.15, 0.2) is 0 Å². The summed E-state index contributed by atoms with van der Waals surface area (Å²) in [6.07, 6.45) is 1.97. The fourth-order valence-corrected chi connectivity index (χ4v) is 6.55. The molecular weight excluding hydrogens is 602 g/mol. The lowest BCUT2D eigenvalue weighted by molar-refractivity contribution is -0.0000286. The van der Waals surface area contributed by atoms with Crippen LogP contribution in [-0.4, -0.2) is 61.8 Å². The quantitative estimate of drug-likeness (QED) is 0.0952. The van der Waals surface area contributed by atoms with E-state index in [2.05, 4.69) is 104 Å². The maximum Gasteiger partial charge on any atom is 0.338 e. The lowest BCUT2D eigenvalue weighted by atomic mass is 9.90. The molecular formula is C35H44ClN5O3Si. The topological polar surface area (TPSA) is 76.4 Å². The Morgan fingerprint density at radius 3 is 2.36 bits per heavy atom. The second kappa shape index (κ2) is 14.4. The molecule has 0 saturated heterocycles. The molecule has 45 heavy (non-hydrogen) atoms. The number of aromatic nitrogens is 3. The molecule has 0 amide bonds. The fourth-order valence-electron chi connectivity index (χ4n) is 5.67. The number of esters is 1. The number of ether oxygens (including phenoxy) is 1. The maximum absolute atomic E-state index is 13.6. The fraction of sp³-hybridized carbons (Fsp3) is 0.371. The van der Waals surface area contributed by atoms with Crippen molar-refractivity contribution >= 4 is 36.0 Å². The first-order chi connectivity index (χ1) is 21.2. The molecule has 1 aliphatic carbocycles. The van der Waals surface area contributed by atoms with Gasteiger partial charge in [-0.3, -0.25) is 0 Å². The summed E-state index contributed by atoms with van der Waals surface area (Å²) < 4.78 is 16.5. The van der Waals surface area contributed by atoms with E-state index < -0.39 is 8.07 Å². The molecule has 0 fully saturated rings. The molecule has 2 aromatic carbocycles. The summed E-state index contributed by atoms with van der Waals surface area (Å²) in [6.45, 7) is 19.6. The molecule has 10 heteroatoms. The van der Waals surface area contributed by atoms with E-state index >= 15 is 0 Å². The highest BCUT2D eigenvalue weighted by atomic mass is 35.5. The Morgan fingerprint density at radius 1 is 0.956 bits per heavy atom. The number of halogens is 1. The molecule has 5 rings (SSSR count). The van der Waals surface area contributed by atoms with E-state index in [1.807, 2.05) is 30.5 Å². The van der Waals surface area contributed by atoms with Gasteiger partial charge in [-0.1, -0.05) is 43.1 Å². The third-order valence-corrected chi connectivity index (χ3v) is 9.99. The Balaban J connectivity index is 0.00000461. The van der Waals surface area contributed by atoms with Crippen LogP contribution in [-0.2, 0) is 11.3 Å². The first-order valence-corrected chi connectivity index (χ1v) is 19.2. The summed E-state index contributed by atoms with van der Waals surface area (Å²) in [5, 5.41) is 11.7. The number of hydrogen-bond donors (Lipinski definition) is 0. The minimum absolute atomic E-state index is 0. The SMILES string of the molecule is CCN(CC)c1ccc2c(-c3ccccc3C(=O)OCCn3cc([Si](C)(C)C)nn3)c3ccc(=[N+](CC)CC)cc-3oc2c1.[Cl-]. The molecule has 0 unspecified atom stereocenters. The zero-order chi connectivity index (χ0) is 31.4. The number of nitrogens with zero attached hydrogens (tertiary/aromatic N) is 5. The second-order valence-electron chi connectivity index (χ2n) is 12.0. The zero-order valence-electron chi connectivity index (χ0n) is 27.4. The number of anilines is 1. The summed E-state index contributed by atoms with van der Waals surface area (Å²) in [4.78, 5) is 15.9. The van der Waals surface area contributed by atoms with Crippen molar-refractivity contribution < 1.29 is 26.4 Å². The number of fused-ring (bicyclic) bond motifs is 2. The highest BCUT2D eigenvalue weighted by Crippen LogP contribution is 2.42. The molecule has 2 heterocycles. The first-order valence-electron chi connectivity index (χ1n) is 15.7. The van der Waals surface area contributed by atoms with Gasteiger partial charge in [-0.05, 0) is 57.5 Å². The van der Waals surface area contributed by atoms with Crippen molar-refractivity contribution in [3.8, 4) is 22.5 Å². The van der Waals surface area contributed by atoms with E-state index in [0.717, 1.165) is 76.0 Å². The van der Waals surface area contributed by atoms with Crippen LogP contribution in [0.25, 0.3) is 33.4 Å². The Kier molecular flexibility index (Phi) is 10.9. The largest absolute Gasteiger partial charge is 1.00 e. The van der Waals surface area contributed by atoms with Gasteiger partial charge in [0, 0.05) is 53.6 Å². The average Bonchev–Trinajstić information content (AvgIpc) is 3.51. The Morgan fingerprint density at radius 2 is 1.69 bits per heavy atom. The minimum atomic E-state index is -1.56. The summed E-state index contributed by atoms with van der Waals surface area (Å²) >= 11 is 0. The maximum atomic E-state index is 13.6. The number of rotatable bonds is 11. The van der Waals surface area contributed by atoms with Gasteiger partial charge in [0.05, 0.1) is 23.5 Å². The summed E-state index contributed by atoms with van der Waals surface area (Å²) in [6, 6.07) is 20.4. The lowest BCUT2D eigenvalue weighted by Crippen LogP contribution is -3.00. The van der Waals surface area contributed by atoms with Crippen LogP contribution in [0.1, 0.15) is 38.1 Å². The van der Waals surface area contributed by atoms with Crippen molar-refractivity contribution in [1.82, 2.24) is 19.6 Å². The Hall–Kier alpha value is -3.95. The normalized spacial score (nSPS) is 11.4. The van der Waals surface area contributed by atoms with Gasteiger partial charge in [-0.2, -0.15) is 0 Å². The molecule has 0 N–H and O–H groups in total. The third-order valence-electron chi connectivity index (χ3n) is 8.22. The van der Waals surface area contributed by atoms with Crippen LogP contribution in [0.15, 0.2) is 71.3 Å². The first kappa shape index (κ1) is 33.9. The van der Waals surface area contributed by atoms with Crippen LogP contribution in [0, 0.1) is 0 Å². The van der Waals surface area contributed by atoms with E-state index in [9.17, 15) is 4.79 Å². The van der Waals surface area contributed by atoms with Crippen molar-refractivity contribution in [3.63, 3.8) is 0 Å². The minimum Gasteiger partial charge on any atom is -1.00 e. The molecule has 1 aliphatic heterocycles. The third kappa shape index (κ3) is 7.15. The molecule has 0 spiro atoms. The van der Waals surface area contributed by atoms with Crippen molar-refractivity contribution in [2.75, 3.05) is 37.7 Å². The number of carbonyl (C=O) groups excluding carboxylic acids is 1. The van der Waals surface area contributed by atoms with Crippen molar-refractivity contribution in [3.05, 3.63) is 77.8 Å². The predicted octanol–water partition coefficient (Wildman–Crippen LogP) is 2.86. The number of hydrogen-bond acceptors (Lipinski definition) is 6. The van der Waals surface area contributed by atoms with Gasteiger partial charge >= 0.3 is 5.97 Å². The average molecular weight is 646 g/mol. The molecule has 1 aromatic heterocycles. The van der Waals surface area contributed by atoms with Gasteiger partial charge in [0.2, 0.25) is 5.36 Å². The van der Waals surface area contributed by atoms with Gasteiger partial charge < -0.3 is 26.5 Å². The Bertz CT molecular complexity index is 1810. The molecule has 2 aliphatic rings. The van der Waals surface area contributed by atoms with Crippen LogP contribution in [0.5, 0.6) is 0 Å². The van der Waals surface area contributed by atoms with Gasteiger partial charge in [-0.15, -0.1) is 5.10 Å². The molecule has 0 radical (unpaired) electrons. The standard InChI is InChI=1S/C35H44N5O3Si.ClH/c1-8-38(9-2)25-16-18-29-31(22-25)43-32-23-26(39(10-3)11-4)17-19-30(32)34(29)27-14-12-13-15-28(27)35(41)42-21-20-40-24-33(36-37-40)44(5,6)7;/h12-19,22-24H,8-11,20-21H2,1-7H3;1H/q+1;/p-1. The summed E-state index contributed by atoms with van der Waals surface area (Å²) in [5.41, 5.74) is 5.13. The zero-order valence-corrected chi connectivity index (χ0v) is 29.2. The van der Waals surface area contributed by atoms with Crippen molar-refractivity contribution in [2.45, 2.75) is 53.9 Å². The van der Waals surface area contributed by atoms with Crippen LogP contribution < -0.4 is 32.6 Å². The molecule has 8 nitrogen and oxygen atoms in total. The van der Waals surface area contributed by atoms with E-state index in [-0.39, 0.29) is 25.0 Å². The van der Waals surface area contributed by atoms with E-state index in [4.69, 9.17) is 9.15 Å². The smallest absolute Gasteiger partial charge is 0.338 e.